The normalized spacial score (nSPS) is 22.6. The van der Waals surface area contributed by atoms with Crippen molar-refractivity contribution in [1.29, 1.82) is 0 Å². The second-order valence-electron chi connectivity index (χ2n) is 5.18. The Balaban J connectivity index is 2.31. The van der Waals surface area contributed by atoms with Gasteiger partial charge in [-0.25, -0.2) is 12.8 Å². The molecule has 1 heterocycles. The van der Waals surface area contributed by atoms with E-state index in [2.05, 4.69) is 0 Å². The van der Waals surface area contributed by atoms with Gasteiger partial charge in [-0.1, -0.05) is 6.07 Å². The number of halogens is 1. The molecule has 2 atom stereocenters. The molecule has 1 saturated heterocycles. The summed E-state index contributed by atoms with van der Waals surface area (Å²) < 4.78 is 39.7. The SMILES string of the molecule is Cc1ccc(F)cc1S(=O)(=O)N1CCC(C(C)N)C1. The highest BCUT2D eigenvalue weighted by molar-refractivity contribution is 7.89. The number of rotatable bonds is 3. The second-order valence-corrected chi connectivity index (χ2v) is 7.09. The third-order valence-corrected chi connectivity index (χ3v) is 5.71. The van der Waals surface area contributed by atoms with E-state index in [0.717, 1.165) is 12.5 Å². The van der Waals surface area contributed by atoms with Crippen molar-refractivity contribution < 1.29 is 12.8 Å². The van der Waals surface area contributed by atoms with E-state index >= 15 is 0 Å². The van der Waals surface area contributed by atoms with Crippen LogP contribution in [0.4, 0.5) is 4.39 Å². The van der Waals surface area contributed by atoms with E-state index in [9.17, 15) is 12.8 Å². The van der Waals surface area contributed by atoms with Crippen LogP contribution in [-0.4, -0.2) is 31.9 Å². The first kappa shape index (κ1) is 14.4. The largest absolute Gasteiger partial charge is 0.328 e. The number of nitrogens with zero attached hydrogens (tertiary/aromatic N) is 1. The standard InChI is InChI=1S/C13H19FN2O2S/c1-9-3-4-12(14)7-13(9)19(17,18)16-6-5-11(8-16)10(2)15/h3-4,7,10-11H,5-6,8,15H2,1-2H3. The van der Waals surface area contributed by atoms with Crippen LogP contribution < -0.4 is 5.73 Å². The lowest BCUT2D eigenvalue weighted by Gasteiger charge is -2.19. The number of benzene rings is 1. The van der Waals surface area contributed by atoms with E-state index in [-0.39, 0.29) is 16.9 Å². The van der Waals surface area contributed by atoms with Gasteiger partial charge in [0.2, 0.25) is 10.0 Å². The van der Waals surface area contributed by atoms with Gasteiger partial charge in [0.15, 0.2) is 0 Å². The molecule has 1 aromatic carbocycles. The fourth-order valence-corrected chi connectivity index (χ4v) is 4.14. The summed E-state index contributed by atoms with van der Waals surface area (Å²) >= 11 is 0. The number of hydrogen-bond donors (Lipinski definition) is 1. The molecule has 19 heavy (non-hydrogen) atoms. The zero-order chi connectivity index (χ0) is 14.2. The molecule has 2 rings (SSSR count). The quantitative estimate of drug-likeness (QED) is 0.915. The third-order valence-electron chi connectivity index (χ3n) is 3.70. The summed E-state index contributed by atoms with van der Waals surface area (Å²) in [6.07, 6.45) is 0.755. The zero-order valence-corrected chi connectivity index (χ0v) is 12.0. The lowest BCUT2D eigenvalue weighted by Crippen LogP contribution is -2.33. The van der Waals surface area contributed by atoms with Crippen LogP contribution in [-0.2, 0) is 10.0 Å². The van der Waals surface area contributed by atoms with Crippen molar-refractivity contribution >= 4 is 10.0 Å². The highest BCUT2D eigenvalue weighted by Crippen LogP contribution is 2.27. The van der Waals surface area contributed by atoms with Crippen molar-refractivity contribution in [3.63, 3.8) is 0 Å². The fourth-order valence-electron chi connectivity index (χ4n) is 2.39. The van der Waals surface area contributed by atoms with Crippen LogP contribution in [0, 0.1) is 18.7 Å². The molecule has 2 N–H and O–H groups in total. The van der Waals surface area contributed by atoms with E-state index < -0.39 is 15.8 Å². The van der Waals surface area contributed by atoms with Gasteiger partial charge >= 0.3 is 0 Å². The van der Waals surface area contributed by atoms with Gasteiger partial charge in [-0.15, -0.1) is 0 Å². The van der Waals surface area contributed by atoms with Gasteiger partial charge in [0, 0.05) is 19.1 Å². The van der Waals surface area contributed by atoms with Crippen LogP contribution in [0.25, 0.3) is 0 Å². The van der Waals surface area contributed by atoms with Gasteiger partial charge in [0.05, 0.1) is 4.90 Å². The summed E-state index contributed by atoms with van der Waals surface area (Å²) in [5.74, 6) is -0.365. The van der Waals surface area contributed by atoms with Crippen LogP contribution in [0.2, 0.25) is 0 Å². The maximum absolute atomic E-state index is 13.3. The second kappa shape index (κ2) is 5.19. The zero-order valence-electron chi connectivity index (χ0n) is 11.1. The van der Waals surface area contributed by atoms with Gasteiger partial charge in [0.1, 0.15) is 5.82 Å². The average molecular weight is 286 g/mol. The van der Waals surface area contributed by atoms with Gasteiger partial charge < -0.3 is 5.73 Å². The molecule has 1 aliphatic heterocycles. The van der Waals surface area contributed by atoms with Crippen LogP contribution in [0.15, 0.2) is 23.1 Å². The Kier molecular flexibility index (Phi) is 3.94. The Labute approximate surface area is 113 Å². The summed E-state index contributed by atoms with van der Waals surface area (Å²) in [5, 5.41) is 0. The Morgan fingerprint density at radius 3 is 2.74 bits per heavy atom. The molecule has 0 saturated carbocycles. The molecule has 2 unspecified atom stereocenters. The molecule has 0 radical (unpaired) electrons. The number of hydrogen-bond acceptors (Lipinski definition) is 3. The molecule has 6 heteroatoms. The molecule has 106 valence electrons. The molecule has 0 bridgehead atoms. The number of nitrogens with two attached hydrogens (primary N) is 1. The molecule has 0 amide bonds. The van der Waals surface area contributed by atoms with Crippen LogP contribution in [0.5, 0.6) is 0 Å². The van der Waals surface area contributed by atoms with Crippen LogP contribution >= 0.6 is 0 Å². The average Bonchev–Trinajstić information content (AvgIpc) is 2.82. The van der Waals surface area contributed by atoms with E-state index in [1.807, 2.05) is 6.92 Å². The molecule has 1 aliphatic rings. The highest BCUT2D eigenvalue weighted by atomic mass is 32.2. The maximum atomic E-state index is 13.3. The van der Waals surface area contributed by atoms with Gasteiger partial charge in [-0.2, -0.15) is 4.31 Å². The molecular weight excluding hydrogens is 267 g/mol. The molecule has 4 nitrogen and oxygen atoms in total. The van der Waals surface area contributed by atoms with Gasteiger partial charge in [-0.05, 0) is 43.9 Å². The summed E-state index contributed by atoms with van der Waals surface area (Å²) in [6.45, 7) is 4.42. The Morgan fingerprint density at radius 2 is 2.16 bits per heavy atom. The molecule has 1 aromatic rings. The Morgan fingerprint density at radius 1 is 1.47 bits per heavy atom. The highest BCUT2D eigenvalue weighted by Gasteiger charge is 2.34. The topological polar surface area (TPSA) is 63.4 Å². The summed E-state index contributed by atoms with van der Waals surface area (Å²) in [4.78, 5) is 0.0535. The third kappa shape index (κ3) is 2.80. The van der Waals surface area contributed by atoms with Crippen molar-refractivity contribution in [2.24, 2.45) is 11.7 Å². The summed E-state index contributed by atoms with van der Waals surface area (Å²) in [7, 11) is -3.62. The molecule has 0 spiro atoms. The van der Waals surface area contributed by atoms with Crippen molar-refractivity contribution in [3.8, 4) is 0 Å². The molecular formula is C13H19FN2O2S. The van der Waals surface area contributed by atoms with Crippen molar-refractivity contribution in [3.05, 3.63) is 29.6 Å². The van der Waals surface area contributed by atoms with E-state index in [0.29, 0.717) is 18.7 Å². The number of sulfonamides is 1. The summed E-state index contributed by atoms with van der Waals surface area (Å²) in [5.41, 5.74) is 6.38. The van der Waals surface area contributed by atoms with Crippen molar-refractivity contribution in [2.45, 2.75) is 31.2 Å². The van der Waals surface area contributed by atoms with Crippen LogP contribution in [0.1, 0.15) is 18.9 Å². The summed E-state index contributed by atoms with van der Waals surface area (Å²) in [6, 6.07) is 3.81. The lowest BCUT2D eigenvalue weighted by molar-refractivity contribution is 0.428. The predicted molar refractivity (Wildman–Crippen MR) is 71.7 cm³/mol. The predicted octanol–water partition coefficient (Wildman–Crippen LogP) is 1.49. The smallest absolute Gasteiger partial charge is 0.243 e. The molecule has 1 fully saturated rings. The number of aryl methyl sites for hydroxylation is 1. The van der Waals surface area contributed by atoms with E-state index in [4.69, 9.17) is 5.73 Å². The minimum Gasteiger partial charge on any atom is -0.328 e. The minimum atomic E-state index is -3.62. The van der Waals surface area contributed by atoms with Crippen molar-refractivity contribution in [1.82, 2.24) is 4.31 Å². The molecule has 0 aliphatic carbocycles. The van der Waals surface area contributed by atoms with Gasteiger partial charge in [-0.3, -0.25) is 0 Å². The maximum Gasteiger partial charge on any atom is 0.243 e. The van der Waals surface area contributed by atoms with Crippen LogP contribution in [0.3, 0.4) is 0 Å². The Hall–Kier alpha value is -0.980. The minimum absolute atomic E-state index is 0.0335. The van der Waals surface area contributed by atoms with Gasteiger partial charge in [0.25, 0.3) is 0 Å². The first-order valence-corrected chi connectivity index (χ1v) is 7.78. The fraction of sp³-hybridized carbons (Fsp3) is 0.538. The monoisotopic (exact) mass is 286 g/mol. The lowest BCUT2D eigenvalue weighted by atomic mass is 10.0. The Bertz CT molecular complexity index is 572. The molecule has 0 aromatic heterocycles. The first-order valence-electron chi connectivity index (χ1n) is 6.34. The van der Waals surface area contributed by atoms with Crippen molar-refractivity contribution in [2.75, 3.05) is 13.1 Å². The van der Waals surface area contributed by atoms with E-state index in [1.54, 1.807) is 6.92 Å². The first-order chi connectivity index (χ1) is 8.82. The van der Waals surface area contributed by atoms with E-state index in [1.165, 1.54) is 16.4 Å².